The zero-order valence-electron chi connectivity index (χ0n) is 12.7. The van der Waals surface area contributed by atoms with E-state index in [1.54, 1.807) is 5.48 Å². The lowest BCUT2D eigenvalue weighted by Gasteiger charge is -2.11. The Kier molecular flexibility index (Phi) is 6.77. The van der Waals surface area contributed by atoms with Crippen LogP contribution < -0.4 is 5.48 Å². The molecule has 0 aromatic heterocycles. The Labute approximate surface area is 144 Å². The molecule has 2 aromatic rings. The number of hydrogen-bond donors (Lipinski definition) is 3. The van der Waals surface area contributed by atoms with Gasteiger partial charge in [-0.1, -0.05) is 58.7 Å². The molecule has 3 N–H and O–H groups in total. The largest absolute Gasteiger partial charge is 0.388 e. The van der Waals surface area contributed by atoms with Gasteiger partial charge in [-0.3, -0.25) is 10.0 Å². The number of rotatable bonds is 7. The first-order valence-electron chi connectivity index (χ1n) is 7.57. The van der Waals surface area contributed by atoms with Crippen molar-refractivity contribution in [3.8, 4) is 11.1 Å². The fraction of sp³-hybridized carbons (Fsp3) is 0.278. The van der Waals surface area contributed by atoms with Crippen molar-refractivity contribution in [3.05, 3.63) is 58.6 Å². The summed E-state index contributed by atoms with van der Waals surface area (Å²) in [6.07, 6.45) is 1.69. The second-order valence-corrected chi connectivity index (χ2v) is 6.34. The highest BCUT2D eigenvalue weighted by Crippen LogP contribution is 2.25. The van der Waals surface area contributed by atoms with Crippen LogP contribution in [0.2, 0.25) is 0 Å². The van der Waals surface area contributed by atoms with Gasteiger partial charge >= 0.3 is 0 Å². The molecule has 0 fully saturated rings. The predicted octanol–water partition coefficient (Wildman–Crippen LogP) is 4.22. The van der Waals surface area contributed by atoms with Crippen molar-refractivity contribution >= 4 is 21.8 Å². The number of aliphatic hydroxyl groups excluding tert-OH is 1. The summed E-state index contributed by atoms with van der Waals surface area (Å²) in [5, 5.41) is 18.6. The van der Waals surface area contributed by atoms with E-state index in [0.717, 1.165) is 27.6 Å². The van der Waals surface area contributed by atoms with Gasteiger partial charge in [0.15, 0.2) is 0 Å². The number of hydroxylamine groups is 1. The molecule has 0 bridgehead atoms. The molecule has 0 saturated carbocycles. The second kappa shape index (κ2) is 8.82. The molecular weight excluding hydrogens is 358 g/mol. The molecule has 0 saturated heterocycles. The molecular formula is C18H20BrNO3. The summed E-state index contributed by atoms with van der Waals surface area (Å²) >= 11 is 3.42. The van der Waals surface area contributed by atoms with E-state index in [1.165, 1.54) is 0 Å². The third-order valence-electron chi connectivity index (χ3n) is 3.73. The van der Waals surface area contributed by atoms with E-state index in [2.05, 4.69) is 15.9 Å². The van der Waals surface area contributed by atoms with Crippen molar-refractivity contribution in [1.82, 2.24) is 5.48 Å². The fourth-order valence-corrected chi connectivity index (χ4v) is 2.65. The van der Waals surface area contributed by atoms with E-state index in [-0.39, 0.29) is 6.42 Å². The van der Waals surface area contributed by atoms with Gasteiger partial charge in [-0.2, -0.15) is 0 Å². The molecule has 1 amide bonds. The maximum absolute atomic E-state index is 10.9. The van der Waals surface area contributed by atoms with Crippen LogP contribution in [0.4, 0.5) is 0 Å². The average molecular weight is 378 g/mol. The minimum absolute atomic E-state index is 0.270. The van der Waals surface area contributed by atoms with Crippen molar-refractivity contribution < 1.29 is 15.1 Å². The predicted molar refractivity (Wildman–Crippen MR) is 92.9 cm³/mol. The molecule has 2 rings (SSSR count). The number of unbranched alkanes of at least 4 members (excludes halogenated alkanes) is 1. The highest BCUT2D eigenvalue weighted by molar-refractivity contribution is 9.10. The number of benzene rings is 2. The SMILES string of the molecule is O=C(CCCCC(O)c1ccc(-c2ccc(Br)cc2)cc1)NO. The molecule has 0 aliphatic rings. The normalized spacial score (nSPS) is 12.0. The van der Waals surface area contributed by atoms with Gasteiger partial charge in [0.2, 0.25) is 5.91 Å². The average Bonchev–Trinajstić information content (AvgIpc) is 2.59. The van der Waals surface area contributed by atoms with Crippen LogP contribution >= 0.6 is 15.9 Å². The lowest BCUT2D eigenvalue weighted by Crippen LogP contribution is -2.17. The van der Waals surface area contributed by atoms with E-state index in [0.29, 0.717) is 12.8 Å². The van der Waals surface area contributed by atoms with Crippen molar-refractivity contribution in [2.24, 2.45) is 0 Å². The molecule has 4 nitrogen and oxygen atoms in total. The lowest BCUT2D eigenvalue weighted by atomic mass is 9.99. The quantitative estimate of drug-likeness (QED) is 0.384. The number of hydrogen-bond acceptors (Lipinski definition) is 3. The van der Waals surface area contributed by atoms with Gasteiger partial charge in [-0.15, -0.1) is 0 Å². The van der Waals surface area contributed by atoms with Gasteiger partial charge < -0.3 is 5.11 Å². The van der Waals surface area contributed by atoms with Crippen molar-refractivity contribution in [2.45, 2.75) is 31.8 Å². The van der Waals surface area contributed by atoms with Crippen LogP contribution in [0.1, 0.15) is 37.4 Å². The molecule has 1 atom stereocenters. The van der Waals surface area contributed by atoms with Crippen LogP contribution in [0, 0.1) is 0 Å². The number of carbonyl (C=O) groups is 1. The van der Waals surface area contributed by atoms with Crippen LogP contribution in [0.15, 0.2) is 53.0 Å². The minimum atomic E-state index is -0.536. The van der Waals surface area contributed by atoms with E-state index in [9.17, 15) is 9.90 Å². The van der Waals surface area contributed by atoms with Crippen LogP contribution in [0.5, 0.6) is 0 Å². The molecule has 122 valence electrons. The van der Waals surface area contributed by atoms with E-state index in [1.807, 2.05) is 48.5 Å². The molecule has 1 unspecified atom stereocenters. The summed E-state index contributed by atoms with van der Waals surface area (Å²) in [6.45, 7) is 0. The summed E-state index contributed by atoms with van der Waals surface area (Å²) in [5.41, 5.74) is 4.71. The first-order chi connectivity index (χ1) is 11.1. The monoisotopic (exact) mass is 377 g/mol. The molecule has 0 spiro atoms. The van der Waals surface area contributed by atoms with Gasteiger partial charge in [0.05, 0.1) is 6.10 Å². The molecule has 0 aliphatic carbocycles. The van der Waals surface area contributed by atoms with Crippen LogP contribution in [0.3, 0.4) is 0 Å². The zero-order valence-corrected chi connectivity index (χ0v) is 14.3. The van der Waals surface area contributed by atoms with Crippen LogP contribution in [-0.2, 0) is 4.79 Å². The highest BCUT2D eigenvalue weighted by atomic mass is 79.9. The number of carbonyl (C=O) groups excluding carboxylic acids is 1. The van der Waals surface area contributed by atoms with Crippen molar-refractivity contribution in [2.75, 3.05) is 0 Å². The van der Waals surface area contributed by atoms with Gasteiger partial charge in [-0.05, 0) is 41.7 Å². The summed E-state index contributed by atoms with van der Waals surface area (Å²) < 4.78 is 1.04. The summed E-state index contributed by atoms with van der Waals surface area (Å²) in [4.78, 5) is 10.9. The van der Waals surface area contributed by atoms with Gasteiger partial charge in [0, 0.05) is 10.9 Å². The number of amides is 1. The van der Waals surface area contributed by atoms with Gasteiger partial charge in [0.1, 0.15) is 0 Å². The summed E-state index contributed by atoms with van der Waals surface area (Å²) in [7, 11) is 0. The zero-order chi connectivity index (χ0) is 16.7. The van der Waals surface area contributed by atoms with Crippen LogP contribution in [-0.4, -0.2) is 16.2 Å². The topological polar surface area (TPSA) is 69.6 Å². The van der Waals surface area contributed by atoms with Crippen molar-refractivity contribution in [3.63, 3.8) is 0 Å². The highest BCUT2D eigenvalue weighted by Gasteiger charge is 2.08. The van der Waals surface area contributed by atoms with E-state index < -0.39 is 12.0 Å². The third-order valence-corrected chi connectivity index (χ3v) is 4.26. The first kappa shape index (κ1) is 17.7. The Morgan fingerprint density at radius 2 is 1.57 bits per heavy atom. The van der Waals surface area contributed by atoms with E-state index >= 15 is 0 Å². The molecule has 0 heterocycles. The Balaban J connectivity index is 1.88. The standard InChI is InChI=1S/C18H20BrNO3/c19-16-11-9-14(10-12-16)13-5-7-15(8-6-13)17(21)3-1-2-4-18(22)20-23/h5-12,17,21,23H,1-4H2,(H,20,22). The van der Waals surface area contributed by atoms with Crippen LogP contribution in [0.25, 0.3) is 11.1 Å². The smallest absolute Gasteiger partial charge is 0.243 e. The maximum atomic E-state index is 10.9. The Morgan fingerprint density at radius 1 is 1.00 bits per heavy atom. The Morgan fingerprint density at radius 3 is 2.13 bits per heavy atom. The third kappa shape index (κ3) is 5.46. The Hall–Kier alpha value is -1.69. The second-order valence-electron chi connectivity index (χ2n) is 5.43. The first-order valence-corrected chi connectivity index (χ1v) is 8.36. The van der Waals surface area contributed by atoms with Gasteiger partial charge in [-0.25, -0.2) is 5.48 Å². The fourth-order valence-electron chi connectivity index (χ4n) is 2.39. The maximum Gasteiger partial charge on any atom is 0.243 e. The van der Waals surface area contributed by atoms with E-state index in [4.69, 9.17) is 5.21 Å². The molecule has 0 aliphatic heterocycles. The minimum Gasteiger partial charge on any atom is -0.388 e. The number of aliphatic hydroxyl groups is 1. The Bertz CT molecular complexity index is 626. The summed E-state index contributed by atoms with van der Waals surface area (Å²) in [6, 6.07) is 16.0. The summed E-state index contributed by atoms with van der Waals surface area (Å²) in [5.74, 6) is -0.390. The number of halogens is 1. The molecule has 0 radical (unpaired) electrons. The molecule has 5 heteroatoms. The molecule has 23 heavy (non-hydrogen) atoms. The van der Waals surface area contributed by atoms with Crippen molar-refractivity contribution in [1.29, 1.82) is 0 Å². The number of nitrogens with one attached hydrogen (secondary N) is 1. The molecule has 2 aromatic carbocycles. The lowest BCUT2D eigenvalue weighted by molar-refractivity contribution is -0.129. The van der Waals surface area contributed by atoms with Gasteiger partial charge in [0.25, 0.3) is 0 Å².